The van der Waals surface area contributed by atoms with Crippen LogP contribution in [0.4, 0.5) is 0 Å². The average Bonchev–Trinajstić information content (AvgIpc) is 2.39. The number of carboxylic acid groups (broad SMARTS) is 1. The van der Waals surface area contributed by atoms with Crippen molar-refractivity contribution in [3.05, 3.63) is 47.0 Å². The molecule has 3 heteroatoms. The molecule has 0 bridgehead atoms. The van der Waals surface area contributed by atoms with Crippen molar-refractivity contribution in [2.45, 2.75) is 26.3 Å². The van der Waals surface area contributed by atoms with Crippen LogP contribution in [-0.4, -0.2) is 29.1 Å². The van der Waals surface area contributed by atoms with E-state index in [1.54, 1.807) is 6.92 Å². The van der Waals surface area contributed by atoms with Crippen molar-refractivity contribution in [1.82, 2.24) is 4.90 Å². The molecule has 1 fully saturated rings. The van der Waals surface area contributed by atoms with E-state index in [2.05, 4.69) is 17.0 Å². The zero-order valence-corrected chi connectivity index (χ0v) is 10.7. The standard InChI is InChI=1S/C15H19NO2/c1-12(15(17)18)14-8-5-9-16(11-14)10-13-6-3-2-4-7-13/h2-4,6-7H,5,8-11H2,1H3,(H,17,18). The van der Waals surface area contributed by atoms with Crippen LogP contribution in [0.1, 0.15) is 25.3 Å². The van der Waals surface area contributed by atoms with Crippen LogP contribution in [0.25, 0.3) is 0 Å². The number of carboxylic acids is 1. The van der Waals surface area contributed by atoms with Crippen LogP contribution in [0.3, 0.4) is 0 Å². The fourth-order valence-electron chi connectivity index (χ4n) is 2.38. The molecule has 0 spiro atoms. The van der Waals surface area contributed by atoms with Crippen LogP contribution in [0.5, 0.6) is 0 Å². The highest BCUT2D eigenvalue weighted by molar-refractivity contribution is 5.86. The molecule has 96 valence electrons. The summed E-state index contributed by atoms with van der Waals surface area (Å²) >= 11 is 0. The Labute approximate surface area is 108 Å². The topological polar surface area (TPSA) is 40.5 Å². The van der Waals surface area contributed by atoms with E-state index in [0.717, 1.165) is 38.0 Å². The second-order valence-electron chi connectivity index (χ2n) is 4.83. The van der Waals surface area contributed by atoms with Crippen LogP contribution < -0.4 is 0 Å². The molecular weight excluding hydrogens is 226 g/mol. The summed E-state index contributed by atoms with van der Waals surface area (Å²) in [6, 6.07) is 10.3. The van der Waals surface area contributed by atoms with Gasteiger partial charge >= 0.3 is 5.97 Å². The van der Waals surface area contributed by atoms with Crippen molar-refractivity contribution < 1.29 is 9.90 Å². The zero-order valence-electron chi connectivity index (χ0n) is 10.7. The van der Waals surface area contributed by atoms with Crippen molar-refractivity contribution >= 4 is 5.97 Å². The van der Waals surface area contributed by atoms with Gasteiger partial charge in [-0.05, 0) is 37.4 Å². The molecule has 0 radical (unpaired) electrons. The first-order valence-electron chi connectivity index (χ1n) is 6.35. The maximum atomic E-state index is 11.0. The van der Waals surface area contributed by atoms with E-state index < -0.39 is 5.97 Å². The van der Waals surface area contributed by atoms with Crippen LogP contribution in [0.15, 0.2) is 41.5 Å². The van der Waals surface area contributed by atoms with E-state index in [1.165, 1.54) is 5.56 Å². The highest BCUT2D eigenvalue weighted by atomic mass is 16.4. The normalized spacial score (nSPS) is 19.6. The number of rotatable bonds is 3. The fourth-order valence-corrected chi connectivity index (χ4v) is 2.38. The lowest BCUT2D eigenvalue weighted by Gasteiger charge is -2.29. The minimum Gasteiger partial charge on any atom is -0.478 e. The molecule has 1 aromatic carbocycles. The largest absolute Gasteiger partial charge is 0.478 e. The minimum absolute atomic E-state index is 0.521. The Morgan fingerprint density at radius 3 is 2.72 bits per heavy atom. The number of likely N-dealkylation sites (tertiary alicyclic amines) is 1. The Morgan fingerprint density at radius 2 is 2.06 bits per heavy atom. The maximum absolute atomic E-state index is 11.0. The Balaban J connectivity index is 2.04. The first kappa shape index (κ1) is 12.8. The smallest absolute Gasteiger partial charge is 0.331 e. The molecule has 1 saturated heterocycles. The molecule has 0 atom stereocenters. The Hall–Kier alpha value is -1.61. The van der Waals surface area contributed by atoms with Gasteiger partial charge in [0.15, 0.2) is 0 Å². The molecule has 0 saturated carbocycles. The molecule has 1 N–H and O–H groups in total. The number of aliphatic carboxylic acids is 1. The summed E-state index contributed by atoms with van der Waals surface area (Å²) in [5.41, 5.74) is 2.88. The second-order valence-corrected chi connectivity index (χ2v) is 4.83. The molecule has 0 amide bonds. The lowest BCUT2D eigenvalue weighted by atomic mass is 9.99. The monoisotopic (exact) mass is 245 g/mol. The Bertz CT molecular complexity index is 451. The average molecular weight is 245 g/mol. The number of piperidine rings is 1. The molecule has 18 heavy (non-hydrogen) atoms. The third-order valence-corrected chi connectivity index (χ3v) is 3.47. The first-order valence-corrected chi connectivity index (χ1v) is 6.35. The predicted molar refractivity (Wildman–Crippen MR) is 71.3 cm³/mol. The number of carbonyl (C=O) groups is 1. The van der Waals surface area contributed by atoms with Crippen molar-refractivity contribution in [3.8, 4) is 0 Å². The minimum atomic E-state index is -0.786. The van der Waals surface area contributed by atoms with E-state index in [4.69, 9.17) is 5.11 Å². The predicted octanol–water partition coefficient (Wildman–Crippen LogP) is 2.68. The van der Waals surface area contributed by atoms with Gasteiger partial charge in [0.25, 0.3) is 0 Å². The van der Waals surface area contributed by atoms with Crippen LogP contribution in [0.2, 0.25) is 0 Å². The number of benzene rings is 1. The van der Waals surface area contributed by atoms with E-state index in [9.17, 15) is 4.79 Å². The Morgan fingerprint density at radius 1 is 1.33 bits per heavy atom. The molecular formula is C15H19NO2. The maximum Gasteiger partial charge on any atom is 0.331 e. The molecule has 3 nitrogen and oxygen atoms in total. The third kappa shape index (κ3) is 3.20. The van der Waals surface area contributed by atoms with Crippen molar-refractivity contribution in [2.24, 2.45) is 0 Å². The van der Waals surface area contributed by atoms with E-state index in [-0.39, 0.29) is 0 Å². The van der Waals surface area contributed by atoms with Crippen molar-refractivity contribution in [1.29, 1.82) is 0 Å². The summed E-state index contributed by atoms with van der Waals surface area (Å²) in [4.78, 5) is 13.3. The molecule has 1 aliphatic heterocycles. The van der Waals surface area contributed by atoms with Gasteiger partial charge in [0, 0.05) is 18.7 Å². The van der Waals surface area contributed by atoms with E-state index in [0.29, 0.717) is 5.57 Å². The highest BCUT2D eigenvalue weighted by Crippen LogP contribution is 2.20. The van der Waals surface area contributed by atoms with Gasteiger partial charge < -0.3 is 5.11 Å². The SMILES string of the molecule is CC(C(=O)O)=C1CCCN(Cc2ccccc2)C1. The highest BCUT2D eigenvalue weighted by Gasteiger charge is 2.18. The van der Waals surface area contributed by atoms with Gasteiger partial charge in [0.05, 0.1) is 0 Å². The van der Waals surface area contributed by atoms with Gasteiger partial charge in [-0.25, -0.2) is 4.79 Å². The molecule has 1 aliphatic rings. The quantitative estimate of drug-likeness (QED) is 0.832. The first-order chi connectivity index (χ1) is 8.66. The lowest BCUT2D eigenvalue weighted by Crippen LogP contribution is -2.31. The van der Waals surface area contributed by atoms with E-state index >= 15 is 0 Å². The fraction of sp³-hybridized carbons (Fsp3) is 0.400. The van der Waals surface area contributed by atoms with Crippen molar-refractivity contribution in [3.63, 3.8) is 0 Å². The number of hydrogen-bond acceptors (Lipinski definition) is 2. The summed E-state index contributed by atoms with van der Waals surface area (Å²) in [5, 5.41) is 9.03. The molecule has 1 heterocycles. The van der Waals surface area contributed by atoms with Crippen LogP contribution in [0, 0.1) is 0 Å². The number of nitrogens with zero attached hydrogens (tertiary/aromatic N) is 1. The molecule has 0 aliphatic carbocycles. The summed E-state index contributed by atoms with van der Waals surface area (Å²) < 4.78 is 0. The van der Waals surface area contributed by atoms with Gasteiger partial charge in [-0.1, -0.05) is 30.3 Å². The van der Waals surface area contributed by atoms with Gasteiger partial charge in [-0.2, -0.15) is 0 Å². The zero-order chi connectivity index (χ0) is 13.0. The third-order valence-electron chi connectivity index (χ3n) is 3.47. The summed E-state index contributed by atoms with van der Waals surface area (Å²) in [6.07, 6.45) is 1.97. The molecule has 0 unspecified atom stereocenters. The van der Waals surface area contributed by atoms with Gasteiger partial charge in [0.2, 0.25) is 0 Å². The van der Waals surface area contributed by atoms with Crippen LogP contribution in [-0.2, 0) is 11.3 Å². The molecule has 0 aromatic heterocycles. The lowest BCUT2D eigenvalue weighted by molar-refractivity contribution is -0.132. The van der Waals surface area contributed by atoms with Gasteiger partial charge in [-0.3, -0.25) is 4.90 Å². The molecule has 1 aromatic rings. The van der Waals surface area contributed by atoms with Gasteiger partial charge in [0.1, 0.15) is 0 Å². The second kappa shape index (κ2) is 5.83. The van der Waals surface area contributed by atoms with Gasteiger partial charge in [-0.15, -0.1) is 0 Å². The van der Waals surface area contributed by atoms with Crippen molar-refractivity contribution in [2.75, 3.05) is 13.1 Å². The summed E-state index contributed by atoms with van der Waals surface area (Å²) in [7, 11) is 0. The van der Waals surface area contributed by atoms with Crippen LogP contribution >= 0.6 is 0 Å². The summed E-state index contributed by atoms with van der Waals surface area (Å²) in [5.74, 6) is -0.786. The number of hydrogen-bond donors (Lipinski definition) is 1. The van der Waals surface area contributed by atoms with E-state index in [1.807, 2.05) is 18.2 Å². The Kier molecular flexibility index (Phi) is 4.15. The molecule has 2 rings (SSSR count). The summed E-state index contributed by atoms with van der Waals surface area (Å²) in [6.45, 7) is 4.44.